The molecule has 4 saturated heterocycles. The number of amides is 1. The average molecular weight is 889 g/mol. The van der Waals surface area contributed by atoms with Crippen molar-refractivity contribution in [2.45, 2.75) is 114 Å². The van der Waals surface area contributed by atoms with Crippen LogP contribution >= 0.6 is 0 Å². The Hall–Kier alpha value is -4.69. The van der Waals surface area contributed by atoms with E-state index in [0.717, 1.165) is 19.4 Å². The molecule has 0 saturated carbocycles. The highest BCUT2D eigenvalue weighted by Crippen LogP contribution is 2.46. The lowest BCUT2D eigenvalue weighted by molar-refractivity contribution is 0.0178. The second kappa shape index (κ2) is 17.4. The summed E-state index contributed by atoms with van der Waals surface area (Å²) in [5.74, 6) is 2.67. The number of aromatic nitrogens is 3. The van der Waals surface area contributed by atoms with Gasteiger partial charge in [-0.3, -0.25) is 14.8 Å². The van der Waals surface area contributed by atoms with E-state index in [1.54, 1.807) is 25.3 Å². The topological polar surface area (TPSA) is 123 Å². The minimum absolute atomic E-state index is 0.0855. The monoisotopic (exact) mass is 888 g/mol. The minimum atomic E-state index is -2.34. The number of hydrogen-bond donors (Lipinski definition) is 1. The maximum atomic E-state index is 17.9. The summed E-state index contributed by atoms with van der Waals surface area (Å²) in [5.41, 5.74) is 3.32. The number of piperazine rings is 1. The molecule has 4 aliphatic rings. The minimum Gasteiger partial charge on any atom is -0.468 e. The van der Waals surface area contributed by atoms with Crippen molar-refractivity contribution in [3.05, 3.63) is 47.7 Å². The Labute approximate surface area is 368 Å². The van der Waals surface area contributed by atoms with Crippen molar-refractivity contribution >= 4 is 41.7 Å². The molecule has 338 valence electrons. The predicted octanol–water partition coefficient (Wildman–Crippen LogP) is 8.98. The number of carbonyl (C=O) groups is 1. The number of benzene rings is 2. The first-order chi connectivity index (χ1) is 30.1. The van der Waals surface area contributed by atoms with Gasteiger partial charge in [0.1, 0.15) is 49.4 Å². The standard InChI is InChI=1S/C47H59F3N6O6Si/c1-28(2)63(29(3)4,30(5)6)17-13-35-38(49)11-10-31-18-34(62-27-60-8)19-36(39(31)35)41-40(50)42-37(21-51-41)43(54-23-33-12-15-47(24-54,25-59-7)56(33)45(57)58)53-44(52-42)61-26-46-14-9-16-55(46)22-32(48)20-46/h10-11,18-19,21,28-30,32-33H,9,12,14-16,20,22-27H2,1-8H3,(H,57,58)/t32-,33+,46+,47-/m1/s1. The number of anilines is 1. The zero-order chi connectivity index (χ0) is 45.0. The first-order valence-corrected chi connectivity index (χ1v) is 24.4. The van der Waals surface area contributed by atoms with Gasteiger partial charge in [-0.1, -0.05) is 53.5 Å². The van der Waals surface area contributed by atoms with Gasteiger partial charge in [0.15, 0.2) is 12.6 Å². The highest BCUT2D eigenvalue weighted by molar-refractivity contribution is 6.90. The molecule has 8 rings (SSSR count). The molecule has 0 spiro atoms. The molecule has 12 nitrogen and oxygen atoms in total. The summed E-state index contributed by atoms with van der Waals surface area (Å²) in [5, 5.41) is 11.6. The highest BCUT2D eigenvalue weighted by Gasteiger charge is 2.55. The van der Waals surface area contributed by atoms with Gasteiger partial charge < -0.3 is 29.0 Å². The number of halogens is 3. The van der Waals surface area contributed by atoms with Crippen LogP contribution < -0.4 is 14.4 Å². The number of rotatable bonds is 13. The van der Waals surface area contributed by atoms with Crippen LogP contribution in [0, 0.1) is 23.1 Å². The van der Waals surface area contributed by atoms with Crippen molar-refractivity contribution in [2.24, 2.45) is 0 Å². The molecule has 2 aromatic heterocycles. The number of carboxylic acid groups (broad SMARTS) is 1. The molecule has 2 bridgehead atoms. The fourth-order valence-corrected chi connectivity index (χ4v) is 17.0. The van der Waals surface area contributed by atoms with Gasteiger partial charge in [-0.15, -0.1) is 5.54 Å². The van der Waals surface area contributed by atoms with E-state index in [9.17, 15) is 14.3 Å². The van der Waals surface area contributed by atoms with Crippen molar-refractivity contribution < 1.29 is 42.0 Å². The summed E-state index contributed by atoms with van der Waals surface area (Å²) in [7, 11) is 0.702. The number of pyridine rings is 1. The summed E-state index contributed by atoms with van der Waals surface area (Å²) in [6.45, 7) is 14.9. The second-order valence-corrected chi connectivity index (χ2v) is 24.5. The predicted molar refractivity (Wildman–Crippen MR) is 239 cm³/mol. The molecular weight excluding hydrogens is 830 g/mol. The van der Waals surface area contributed by atoms with E-state index in [1.807, 2.05) is 4.90 Å². The zero-order valence-corrected chi connectivity index (χ0v) is 38.6. The Morgan fingerprint density at radius 1 is 0.984 bits per heavy atom. The van der Waals surface area contributed by atoms with E-state index in [1.165, 1.54) is 24.3 Å². The molecule has 2 aromatic carbocycles. The van der Waals surface area contributed by atoms with Gasteiger partial charge >= 0.3 is 12.1 Å². The molecule has 1 amide bonds. The van der Waals surface area contributed by atoms with Crippen molar-refractivity contribution in [1.82, 2.24) is 24.8 Å². The smallest absolute Gasteiger partial charge is 0.408 e. The lowest BCUT2D eigenvalue weighted by atomic mass is 9.95. The van der Waals surface area contributed by atoms with Crippen LogP contribution in [0.3, 0.4) is 0 Å². The van der Waals surface area contributed by atoms with Gasteiger partial charge in [0.25, 0.3) is 0 Å². The van der Waals surface area contributed by atoms with Crippen LogP contribution in [0.4, 0.5) is 23.8 Å². The summed E-state index contributed by atoms with van der Waals surface area (Å²) < 4.78 is 72.2. The van der Waals surface area contributed by atoms with E-state index in [2.05, 4.69) is 57.9 Å². The van der Waals surface area contributed by atoms with Gasteiger partial charge in [-0.2, -0.15) is 9.97 Å². The van der Waals surface area contributed by atoms with Crippen molar-refractivity contribution in [3.8, 4) is 34.5 Å². The number of fused-ring (bicyclic) bond motifs is 5. The molecule has 4 fully saturated rings. The average Bonchev–Trinajstić information content (AvgIpc) is 3.84. The van der Waals surface area contributed by atoms with Crippen LogP contribution in [0.2, 0.25) is 16.6 Å². The molecule has 0 radical (unpaired) electrons. The molecule has 0 aliphatic carbocycles. The quantitative estimate of drug-likeness (QED) is 0.0787. The van der Waals surface area contributed by atoms with Crippen LogP contribution in [0.25, 0.3) is 32.9 Å². The molecule has 4 aliphatic heterocycles. The zero-order valence-electron chi connectivity index (χ0n) is 37.6. The third-order valence-corrected chi connectivity index (χ3v) is 20.7. The Morgan fingerprint density at radius 2 is 1.75 bits per heavy atom. The molecule has 4 atom stereocenters. The first kappa shape index (κ1) is 44.9. The molecule has 1 N–H and O–H groups in total. The van der Waals surface area contributed by atoms with E-state index >= 15 is 8.78 Å². The van der Waals surface area contributed by atoms with Gasteiger partial charge in [0.05, 0.1) is 34.7 Å². The summed E-state index contributed by atoms with van der Waals surface area (Å²) >= 11 is 0. The highest BCUT2D eigenvalue weighted by atomic mass is 28.3. The van der Waals surface area contributed by atoms with Gasteiger partial charge in [-0.25, -0.2) is 18.0 Å². The maximum absolute atomic E-state index is 17.9. The van der Waals surface area contributed by atoms with Gasteiger partial charge in [0, 0.05) is 57.4 Å². The molecule has 63 heavy (non-hydrogen) atoms. The summed E-state index contributed by atoms with van der Waals surface area (Å²) in [6.07, 6.45) is 2.67. The lowest BCUT2D eigenvalue weighted by Gasteiger charge is -2.47. The lowest BCUT2D eigenvalue weighted by Crippen LogP contribution is -2.65. The number of ether oxygens (including phenoxy) is 4. The van der Waals surface area contributed by atoms with Crippen LogP contribution in [0.15, 0.2) is 30.5 Å². The molecule has 16 heteroatoms. The first-order valence-electron chi connectivity index (χ1n) is 22.1. The Kier molecular flexibility index (Phi) is 12.4. The Morgan fingerprint density at radius 3 is 2.44 bits per heavy atom. The fourth-order valence-electron chi connectivity index (χ4n) is 11.7. The van der Waals surface area contributed by atoms with Gasteiger partial charge in [0.2, 0.25) is 0 Å². The Bertz CT molecular complexity index is 2440. The van der Waals surface area contributed by atoms with E-state index in [-0.39, 0.29) is 89.5 Å². The number of methoxy groups -OCH3 is 2. The van der Waals surface area contributed by atoms with Crippen molar-refractivity contribution in [1.29, 1.82) is 0 Å². The largest absolute Gasteiger partial charge is 0.468 e. The second-order valence-electron chi connectivity index (χ2n) is 18.9. The summed E-state index contributed by atoms with van der Waals surface area (Å²) in [6, 6.07) is 5.91. The maximum Gasteiger partial charge on any atom is 0.408 e. The molecule has 0 unspecified atom stereocenters. The fraction of sp³-hybridized carbons (Fsp3) is 0.574. The number of nitrogens with zero attached hydrogens (tertiary/aromatic N) is 6. The van der Waals surface area contributed by atoms with E-state index < -0.39 is 43.1 Å². The van der Waals surface area contributed by atoms with E-state index in [0.29, 0.717) is 48.1 Å². The Balaban J connectivity index is 1.33. The SMILES string of the molecule is COCOc1cc(-c2ncc3c(N4C[C@@H]5CC[C@](COC)(C4)N5C(=O)O)nc(OC[C@@]45CCCN4C[C@H](F)C5)nc3c2F)c2c(C#C[Si](C(C)C)(C(C)C)C(C)C)c(F)ccc2c1. The normalized spacial score (nSPS) is 23.7. The third-order valence-electron chi connectivity index (χ3n) is 14.4. The van der Waals surface area contributed by atoms with Crippen LogP contribution in [0.5, 0.6) is 11.8 Å². The van der Waals surface area contributed by atoms with Crippen molar-refractivity contribution in [3.63, 3.8) is 0 Å². The van der Waals surface area contributed by atoms with E-state index in [4.69, 9.17) is 33.9 Å². The third kappa shape index (κ3) is 7.76. The van der Waals surface area contributed by atoms with Crippen molar-refractivity contribution in [2.75, 3.05) is 65.3 Å². The van der Waals surface area contributed by atoms with Crippen LogP contribution in [-0.2, 0) is 9.47 Å². The number of alkyl halides is 1. The van der Waals surface area contributed by atoms with Crippen LogP contribution in [-0.4, -0.2) is 128 Å². The molecule has 4 aromatic rings. The molecule has 6 heterocycles. The number of hydrogen-bond acceptors (Lipinski definition) is 10. The summed E-state index contributed by atoms with van der Waals surface area (Å²) in [4.78, 5) is 32.6. The van der Waals surface area contributed by atoms with Gasteiger partial charge in [-0.05, 0) is 72.4 Å². The molecular formula is C47H59F3N6O6Si. The van der Waals surface area contributed by atoms with Crippen LogP contribution in [0.1, 0.15) is 79.2 Å².